The summed E-state index contributed by atoms with van der Waals surface area (Å²) in [4.78, 5) is 27.7. The Bertz CT molecular complexity index is 1130. The number of anilines is 1. The normalized spacial score (nSPS) is 23.2. The number of fused-ring (bicyclic) bond motifs is 1. The van der Waals surface area contributed by atoms with Crippen LogP contribution < -0.4 is 15.4 Å². The second kappa shape index (κ2) is 10.0. The van der Waals surface area contributed by atoms with Crippen LogP contribution in [0.5, 0.6) is 5.75 Å². The third-order valence-corrected chi connectivity index (χ3v) is 6.20. The summed E-state index contributed by atoms with van der Waals surface area (Å²) >= 11 is 0. The second-order valence-corrected chi connectivity index (χ2v) is 8.65. The molecule has 1 aliphatic heterocycles. The zero-order valence-corrected chi connectivity index (χ0v) is 19.4. The Morgan fingerprint density at radius 1 is 1.26 bits per heavy atom. The number of carbonyl (C=O) groups excluding carboxylic acids is 1. The standard InChI is InChI=1S/C23H30N6O5/c1-28(2)21-19-22(26-11-25-21)29(12-27-19)23-20(32)15(18(10-30)34-23)9-17(31)16(24)8-13-4-6-14(33-3)7-5-13/h4-7,11-12,15-16,18,20,23,30,32H,8-10,24H2,1-3H3/t15-,16?,18+,20-,23+/m0/s1. The number of nitrogens with zero attached hydrogens (tertiary/aromatic N) is 5. The van der Waals surface area contributed by atoms with Gasteiger partial charge in [-0.2, -0.15) is 0 Å². The lowest BCUT2D eigenvalue weighted by molar-refractivity contribution is -0.122. The molecule has 34 heavy (non-hydrogen) atoms. The number of nitrogens with two attached hydrogens (primary N) is 1. The maximum absolute atomic E-state index is 12.9. The highest BCUT2D eigenvalue weighted by Crippen LogP contribution is 2.38. The van der Waals surface area contributed by atoms with Crippen molar-refractivity contribution >= 4 is 22.8 Å². The highest BCUT2D eigenvalue weighted by molar-refractivity contribution is 5.84. The van der Waals surface area contributed by atoms with E-state index in [9.17, 15) is 15.0 Å². The predicted octanol–water partition coefficient (Wildman–Crippen LogP) is 0.297. The van der Waals surface area contributed by atoms with Crippen molar-refractivity contribution in [3.05, 3.63) is 42.5 Å². The average Bonchev–Trinajstić information content (AvgIpc) is 3.40. The molecule has 0 saturated carbocycles. The largest absolute Gasteiger partial charge is 0.497 e. The van der Waals surface area contributed by atoms with E-state index in [0.717, 1.165) is 11.3 Å². The van der Waals surface area contributed by atoms with E-state index in [1.54, 1.807) is 11.7 Å². The summed E-state index contributed by atoms with van der Waals surface area (Å²) in [5, 5.41) is 21.0. The first kappa shape index (κ1) is 24.0. The van der Waals surface area contributed by atoms with Crippen LogP contribution in [0.4, 0.5) is 5.82 Å². The van der Waals surface area contributed by atoms with Gasteiger partial charge < -0.3 is 30.3 Å². The number of imidazole rings is 1. The van der Waals surface area contributed by atoms with E-state index >= 15 is 0 Å². The monoisotopic (exact) mass is 470 g/mol. The second-order valence-electron chi connectivity index (χ2n) is 8.65. The van der Waals surface area contributed by atoms with Gasteiger partial charge in [-0.1, -0.05) is 12.1 Å². The average molecular weight is 471 g/mol. The fourth-order valence-corrected chi connectivity index (χ4v) is 4.32. The van der Waals surface area contributed by atoms with Crippen molar-refractivity contribution in [3.63, 3.8) is 0 Å². The zero-order chi connectivity index (χ0) is 24.4. The summed E-state index contributed by atoms with van der Waals surface area (Å²) in [5.41, 5.74) is 8.13. The summed E-state index contributed by atoms with van der Waals surface area (Å²) in [5.74, 6) is 0.514. The molecule has 11 heteroatoms. The molecular formula is C23H30N6O5. The van der Waals surface area contributed by atoms with E-state index in [4.69, 9.17) is 15.2 Å². The summed E-state index contributed by atoms with van der Waals surface area (Å²) in [6.07, 6.45) is 0.617. The minimum atomic E-state index is -1.07. The van der Waals surface area contributed by atoms with Crippen molar-refractivity contribution in [2.75, 3.05) is 32.7 Å². The number of methoxy groups -OCH3 is 1. The SMILES string of the molecule is COc1ccc(CC(N)C(=O)C[C@@H]2[C@H](O)[C@H](n3cnc4c(N(C)C)ncnc43)O[C@@H]2CO)cc1. The van der Waals surface area contributed by atoms with Crippen LogP contribution >= 0.6 is 0 Å². The van der Waals surface area contributed by atoms with Crippen LogP contribution in [0.15, 0.2) is 36.9 Å². The van der Waals surface area contributed by atoms with Gasteiger partial charge in [-0.05, 0) is 24.1 Å². The smallest absolute Gasteiger partial charge is 0.167 e. The molecule has 5 atom stereocenters. The molecule has 182 valence electrons. The third kappa shape index (κ3) is 4.60. The fourth-order valence-electron chi connectivity index (χ4n) is 4.32. The lowest BCUT2D eigenvalue weighted by atomic mass is 9.89. The summed E-state index contributed by atoms with van der Waals surface area (Å²) in [6, 6.07) is 6.60. The Balaban J connectivity index is 1.49. The molecule has 1 aromatic carbocycles. The van der Waals surface area contributed by atoms with Gasteiger partial charge >= 0.3 is 0 Å². The highest BCUT2D eigenvalue weighted by Gasteiger charge is 2.46. The number of hydrogen-bond acceptors (Lipinski definition) is 10. The van der Waals surface area contributed by atoms with E-state index in [1.165, 1.54) is 12.7 Å². The third-order valence-electron chi connectivity index (χ3n) is 6.20. The lowest BCUT2D eigenvalue weighted by Crippen LogP contribution is -2.38. The molecule has 0 aliphatic carbocycles. The Morgan fingerprint density at radius 3 is 2.65 bits per heavy atom. The molecule has 0 amide bonds. The minimum Gasteiger partial charge on any atom is -0.497 e. The molecule has 1 saturated heterocycles. The number of carbonyl (C=O) groups is 1. The number of hydrogen-bond donors (Lipinski definition) is 3. The molecule has 0 bridgehead atoms. The molecule has 0 spiro atoms. The highest BCUT2D eigenvalue weighted by atomic mass is 16.5. The minimum absolute atomic E-state index is 0.0230. The predicted molar refractivity (Wildman–Crippen MR) is 124 cm³/mol. The van der Waals surface area contributed by atoms with Gasteiger partial charge in [-0.25, -0.2) is 15.0 Å². The van der Waals surface area contributed by atoms with Crippen molar-refractivity contribution in [1.29, 1.82) is 0 Å². The van der Waals surface area contributed by atoms with Crippen molar-refractivity contribution in [2.45, 2.75) is 37.3 Å². The van der Waals surface area contributed by atoms with Gasteiger partial charge in [0.2, 0.25) is 0 Å². The Morgan fingerprint density at radius 2 is 2.00 bits per heavy atom. The van der Waals surface area contributed by atoms with Gasteiger partial charge in [0.15, 0.2) is 23.2 Å². The van der Waals surface area contributed by atoms with Crippen LogP contribution in [0.1, 0.15) is 18.2 Å². The van der Waals surface area contributed by atoms with Crippen LogP contribution in [0.2, 0.25) is 0 Å². The van der Waals surface area contributed by atoms with Gasteiger partial charge in [0.05, 0.1) is 32.2 Å². The number of ketones is 1. The van der Waals surface area contributed by atoms with E-state index in [-0.39, 0.29) is 18.8 Å². The van der Waals surface area contributed by atoms with Crippen LogP contribution in [-0.4, -0.2) is 81.6 Å². The van der Waals surface area contributed by atoms with Crippen molar-refractivity contribution in [2.24, 2.45) is 11.7 Å². The molecule has 11 nitrogen and oxygen atoms in total. The molecule has 3 aromatic rings. The summed E-state index contributed by atoms with van der Waals surface area (Å²) < 4.78 is 12.7. The van der Waals surface area contributed by atoms with Crippen molar-refractivity contribution in [1.82, 2.24) is 19.5 Å². The molecule has 2 aromatic heterocycles. The number of ether oxygens (including phenoxy) is 2. The maximum Gasteiger partial charge on any atom is 0.167 e. The molecule has 3 heterocycles. The van der Waals surface area contributed by atoms with Gasteiger partial charge in [0.25, 0.3) is 0 Å². The molecular weight excluding hydrogens is 440 g/mol. The van der Waals surface area contributed by atoms with Gasteiger partial charge in [-0.3, -0.25) is 9.36 Å². The van der Waals surface area contributed by atoms with Crippen LogP contribution in [0.3, 0.4) is 0 Å². The first-order valence-electron chi connectivity index (χ1n) is 11.0. The molecule has 0 radical (unpaired) electrons. The van der Waals surface area contributed by atoms with E-state index < -0.39 is 30.4 Å². The number of benzene rings is 1. The Kier molecular flexibility index (Phi) is 7.08. The number of aromatic nitrogens is 4. The Hall–Kier alpha value is -3.12. The lowest BCUT2D eigenvalue weighted by Gasteiger charge is -2.20. The van der Waals surface area contributed by atoms with Crippen LogP contribution in [-0.2, 0) is 16.0 Å². The topological polar surface area (TPSA) is 149 Å². The molecule has 1 unspecified atom stereocenters. The van der Waals surface area contributed by atoms with E-state index in [0.29, 0.717) is 23.4 Å². The number of aliphatic hydroxyl groups excluding tert-OH is 2. The molecule has 4 N–H and O–H groups in total. The van der Waals surface area contributed by atoms with Gasteiger partial charge in [0, 0.05) is 26.4 Å². The molecule has 1 fully saturated rings. The van der Waals surface area contributed by atoms with Crippen LogP contribution in [0, 0.1) is 5.92 Å². The Labute approximate surface area is 197 Å². The quantitative estimate of drug-likeness (QED) is 0.398. The van der Waals surface area contributed by atoms with Crippen molar-refractivity contribution < 1.29 is 24.5 Å². The summed E-state index contributed by atoms with van der Waals surface area (Å²) in [6.45, 7) is -0.343. The molecule has 4 rings (SSSR count). The number of rotatable bonds is 9. The van der Waals surface area contributed by atoms with E-state index in [2.05, 4.69) is 15.0 Å². The first-order valence-corrected chi connectivity index (χ1v) is 11.0. The van der Waals surface area contributed by atoms with Gasteiger partial charge in [0.1, 0.15) is 24.0 Å². The fraction of sp³-hybridized carbons (Fsp3) is 0.478. The first-order chi connectivity index (χ1) is 16.3. The summed E-state index contributed by atoms with van der Waals surface area (Å²) in [7, 11) is 5.28. The number of Topliss-reactive ketones (excluding diaryl/α,β-unsaturated/α-hetero) is 1. The molecule has 1 aliphatic rings. The van der Waals surface area contributed by atoms with Crippen molar-refractivity contribution in [3.8, 4) is 5.75 Å². The van der Waals surface area contributed by atoms with Crippen LogP contribution in [0.25, 0.3) is 11.2 Å². The maximum atomic E-state index is 12.9. The zero-order valence-electron chi connectivity index (χ0n) is 19.4. The van der Waals surface area contributed by atoms with E-state index in [1.807, 2.05) is 43.3 Å². The van der Waals surface area contributed by atoms with Gasteiger partial charge in [-0.15, -0.1) is 0 Å². The number of aliphatic hydroxyl groups is 2.